The van der Waals surface area contributed by atoms with Gasteiger partial charge in [-0.1, -0.05) is 48.2 Å². The van der Waals surface area contributed by atoms with E-state index in [0.29, 0.717) is 13.0 Å². The van der Waals surface area contributed by atoms with Crippen LogP contribution in [-0.4, -0.2) is 29.3 Å². The van der Waals surface area contributed by atoms with Gasteiger partial charge in [0.1, 0.15) is 11.1 Å². The van der Waals surface area contributed by atoms with Gasteiger partial charge in [0.25, 0.3) is 0 Å². The zero-order valence-electron chi connectivity index (χ0n) is 13.3. The van der Waals surface area contributed by atoms with Crippen LogP contribution in [0.4, 0.5) is 4.79 Å². The van der Waals surface area contributed by atoms with Gasteiger partial charge < -0.3 is 10.1 Å². The molecule has 0 saturated carbocycles. The minimum Gasteiger partial charge on any atom is -0.497 e. The van der Waals surface area contributed by atoms with Gasteiger partial charge in [-0.15, -0.1) is 0 Å². The zero-order chi connectivity index (χ0) is 16.9. The first-order chi connectivity index (χ1) is 11.7. The fraction of sp³-hybridized carbons (Fsp3) is 0.222. The second-order valence-electron chi connectivity index (χ2n) is 5.36. The van der Waals surface area contributed by atoms with Gasteiger partial charge in [0.2, 0.25) is 5.91 Å². The van der Waals surface area contributed by atoms with Crippen molar-refractivity contribution in [1.29, 1.82) is 0 Å². The molecule has 0 bridgehead atoms. The molecule has 3 rings (SSSR count). The summed E-state index contributed by atoms with van der Waals surface area (Å²) in [6, 6.07) is 16.9. The van der Waals surface area contributed by atoms with Gasteiger partial charge in [0.05, 0.1) is 13.5 Å². The van der Waals surface area contributed by atoms with Crippen LogP contribution in [0.15, 0.2) is 59.5 Å². The quantitative estimate of drug-likeness (QED) is 0.848. The Morgan fingerprint density at radius 3 is 2.75 bits per heavy atom. The van der Waals surface area contributed by atoms with E-state index in [1.54, 1.807) is 7.11 Å². The van der Waals surface area contributed by atoms with Crippen LogP contribution < -0.4 is 10.1 Å². The minimum absolute atomic E-state index is 0.152. The molecular weight excluding hydrogens is 324 g/mol. The van der Waals surface area contributed by atoms with Crippen LogP contribution in [0.25, 0.3) is 0 Å². The lowest BCUT2D eigenvalue weighted by Crippen LogP contribution is -2.57. The Labute approximate surface area is 145 Å². The summed E-state index contributed by atoms with van der Waals surface area (Å²) < 4.78 is 5.20. The molecule has 0 radical (unpaired) electrons. The van der Waals surface area contributed by atoms with Gasteiger partial charge >= 0.3 is 6.03 Å². The van der Waals surface area contributed by atoms with E-state index in [0.717, 1.165) is 16.2 Å². The standard InChI is InChI=1S/C18H18N2O3S/c1-23-14-8-5-9-15(10-14)24-17-11-16(21)20(17)18(22)19-12-13-6-3-2-4-7-13/h2-10,17H,11-12H2,1H3,(H,19,22). The average Bonchev–Trinajstić information content (AvgIpc) is 2.60. The van der Waals surface area contributed by atoms with Crippen molar-refractivity contribution in [1.82, 2.24) is 10.2 Å². The van der Waals surface area contributed by atoms with E-state index in [9.17, 15) is 9.59 Å². The van der Waals surface area contributed by atoms with Gasteiger partial charge in [0, 0.05) is 11.4 Å². The Balaban J connectivity index is 1.59. The molecule has 1 heterocycles. The monoisotopic (exact) mass is 342 g/mol. The first-order valence-corrected chi connectivity index (χ1v) is 8.50. The first-order valence-electron chi connectivity index (χ1n) is 7.62. The highest BCUT2D eigenvalue weighted by molar-refractivity contribution is 8.00. The molecule has 24 heavy (non-hydrogen) atoms. The average molecular weight is 342 g/mol. The number of nitrogens with one attached hydrogen (secondary N) is 1. The van der Waals surface area contributed by atoms with Gasteiger partial charge in [0.15, 0.2) is 0 Å². The largest absolute Gasteiger partial charge is 0.497 e. The summed E-state index contributed by atoms with van der Waals surface area (Å²) in [7, 11) is 1.61. The van der Waals surface area contributed by atoms with E-state index in [1.165, 1.54) is 16.7 Å². The first kappa shape index (κ1) is 16.4. The van der Waals surface area contributed by atoms with E-state index >= 15 is 0 Å². The number of benzene rings is 2. The summed E-state index contributed by atoms with van der Waals surface area (Å²) in [6.45, 7) is 0.403. The summed E-state index contributed by atoms with van der Waals surface area (Å²) in [5.74, 6) is 0.603. The summed E-state index contributed by atoms with van der Waals surface area (Å²) in [6.07, 6.45) is 0.362. The maximum atomic E-state index is 12.3. The predicted molar refractivity (Wildman–Crippen MR) is 92.8 cm³/mol. The van der Waals surface area contributed by atoms with E-state index < -0.39 is 0 Å². The number of rotatable bonds is 5. The lowest BCUT2D eigenvalue weighted by atomic mass is 10.2. The van der Waals surface area contributed by atoms with Gasteiger partial charge in [-0.3, -0.25) is 9.69 Å². The number of hydrogen-bond acceptors (Lipinski definition) is 4. The number of amides is 3. The highest BCUT2D eigenvalue weighted by Crippen LogP contribution is 2.36. The maximum absolute atomic E-state index is 12.3. The van der Waals surface area contributed by atoms with Crippen molar-refractivity contribution in [3.63, 3.8) is 0 Å². The summed E-state index contributed by atoms with van der Waals surface area (Å²) in [4.78, 5) is 26.4. The molecular formula is C18H18N2O3S. The van der Waals surface area contributed by atoms with Crippen molar-refractivity contribution in [3.05, 3.63) is 60.2 Å². The summed E-state index contributed by atoms with van der Waals surface area (Å²) >= 11 is 1.49. The molecule has 6 heteroatoms. The second-order valence-corrected chi connectivity index (χ2v) is 6.61. The Morgan fingerprint density at radius 2 is 2.04 bits per heavy atom. The number of ether oxygens (including phenoxy) is 1. The topological polar surface area (TPSA) is 58.6 Å². The normalized spacial score (nSPS) is 16.5. The number of urea groups is 1. The summed E-state index contributed by atoms with van der Waals surface area (Å²) in [5.41, 5.74) is 0.996. The molecule has 1 N–H and O–H groups in total. The highest BCUT2D eigenvalue weighted by Gasteiger charge is 2.41. The molecule has 1 aliphatic rings. The van der Waals surface area contributed by atoms with Crippen molar-refractivity contribution < 1.29 is 14.3 Å². The number of imide groups is 1. The van der Waals surface area contributed by atoms with Gasteiger partial charge in [-0.25, -0.2) is 4.79 Å². The molecule has 1 atom stereocenters. The number of likely N-dealkylation sites (tertiary alicyclic amines) is 1. The number of carbonyl (C=O) groups excluding carboxylic acids is 2. The Morgan fingerprint density at radius 1 is 1.25 bits per heavy atom. The number of nitrogens with zero attached hydrogens (tertiary/aromatic N) is 1. The zero-order valence-corrected chi connectivity index (χ0v) is 14.1. The van der Waals surface area contributed by atoms with Crippen LogP contribution in [-0.2, 0) is 11.3 Å². The van der Waals surface area contributed by atoms with Crippen LogP contribution in [0.3, 0.4) is 0 Å². The fourth-order valence-corrected chi connectivity index (χ4v) is 3.62. The van der Waals surface area contributed by atoms with Gasteiger partial charge in [-0.2, -0.15) is 0 Å². The molecule has 124 valence electrons. The Bertz CT molecular complexity index is 736. The number of β-lactam (4-membered cyclic amide) rings is 1. The predicted octanol–water partition coefficient (Wildman–Crippen LogP) is 3.26. The molecule has 0 spiro atoms. The highest BCUT2D eigenvalue weighted by atomic mass is 32.2. The van der Waals surface area contributed by atoms with Crippen molar-refractivity contribution in [2.45, 2.75) is 23.2 Å². The molecule has 0 aliphatic carbocycles. The minimum atomic E-state index is -0.351. The van der Waals surface area contributed by atoms with Gasteiger partial charge in [-0.05, 0) is 23.8 Å². The molecule has 2 aromatic carbocycles. The molecule has 2 aromatic rings. The molecule has 1 unspecified atom stereocenters. The van der Waals surface area contributed by atoms with E-state index in [4.69, 9.17) is 4.74 Å². The number of thioether (sulfide) groups is 1. The van der Waals surface area contributed by atoms with E-state index in [2.05, 4.69) is 5.32 Å². The molecule has 5 nitrogen and oxygen atoms in total. The van der Waals surface area contributed by atoms with E-state index in [-0.39, 0.29) is 17.3 Å². The van der Waals surface area contributed by atoms with Crippen LogP contribution in [0.2, 0.25) is 0 Å². The molecule has 1 saturated heterocycles. The Kier molecular flexibility index (Phi) is 5.05. The lowest BCUT2D eigenvalue weighted by molar-refractivity contribution is -0.137. The van der Waals surface area contributed by atoms with Crippen molar-refractivity contribution in [3.8, 4) is 5.75 Å². The smallest absolute Gasteiger partial charge is 0.325 e. The second kappa shape index (κ2) is 7.40. The Hall–Kier alpha value is -2.47. The molecule has 3 amide bonds. The van der Waals surface area contributed by atoms with Crippen molar-refractivity contribution in [2.24, 2.45) is 0 Å². The SMILES string of the molecule is COc1cccc(SC2CC(=O)N2C(=O)NCc2ccccc2)c1. The van der Waals surface area contributed by atoms with Crippen molar-refractivity contribution in [2.75, 3.05) is 7.11 Å². The van der Waals surface area contributed by atoms with E-state index in [1.807, 2.05) is 54.6 Å². The van der Waals surface area contributed by atoms with Crippen molar-refractivity contribution >= 4 is 23.7 Å². The number of methoxy groups -OCH3 is 1. The maximum Gasteiger partial charge on any atom is 0.325 e. The molecule has 1 aliphatic heterocycles. The third kappa shape index (κ3) is 3.71. The van der Waals surface area contributed by atoms with Crippen LogP contribution in [0.5, 0.6) is 5.75 Å². The number of hydrogen-bond donors (Lipinski definition) is 1. The third-order valence-corrected chi connectivity index (χ3v) is 4.90. The fourth-order valence-electron chi connectivity index (χ4n) is 2.42. The summed E-state index contributed by atoms with van der Waals surface area (Å²) in [5, 5.41) is 2.62. The lowest BCUT2D eigenvalue weighted by Gasteiger charge is -2.37. The van der Waals surface area contributed by atoms with Crippen LogP contribution in [0, 0.1) is 0 Å². The third-order valence-electron chi connectivity index (χ3n) is 3.72. The molecule has 0 aromatic heterocycles. The number of carbonyl (C=O) groups is 2. The molecule has 1 fully saturated rings. The van der Waals surface area contributed by atoms with Crippen LogP contribution >= 0.6 is 11.8 Å². The van der Waals surface area contributed by atoms with Crippen LogP contribution in [0.1, 0.15) is 12.0 Å².